The first-order valence-electron chi connectivity index (χ1n) is 6.98. The van der Waals surface area contributed by atoms with E-state index in [9.17, 15) is 4.79 Å². The zero-order valence-corrected chi connectivity index (χ0v) is 11.3. The normalized spacial score (nSPS) is 31.8. The van der Waals surface area contributed by atoms with Crippen molar-refractivity contribution in [2.24, 2.45) is 11.3 Å². The average molecular weight is 260 g/mol. The van der Waals surface area contributed by atoms with Crippen molar-refractivity contribution in [2.45, 2.75) is 38.9 Å². The van der Waals surface area contributed by atoms with Gasteiger partial charge in [-0.3, -0.25) is 4.79 Å². The van der Waals surface area contributed by atoms with Crippen LogP contribution in [0.5, 0.6) is 0 Å². The van der Waals surface area contributed by atoms with E-state index in [0.29, 0.717) is 17.9 Å². The lowest BCUT2D eigenvalue weighted by Crippen LogP contribution is -2.16. The molecule has 2 fully saturated rings. The number of hydrogen-bond donors (Lipinski definition) is 0. The SMILES string of the molecule is CC(=O)O[C@@H]1CC[C@]2(COCc3ccccc3)C[C@H]12. The van der Waals surface area contributed by atoms with Crippen LogP contribution in [0.15, 0.2) is 30.3 Å². The number of hydrogen-bond acceptors (Lipinski definition) is 3. The molecule has 102 valence electrons. The summed E-state index contributed by atoms with van der Waals surface area (Å²) in [6, 6.07) is 10.2. The Labute approximate surface area is 113 Å². The van der Waals surface area contributed by atoms with Gasteiger partial charge in [0, 0.05) is 18.3 Å². The van der Waals surface area contributed by atoms with Gasteiger partial charge in [-0.25, -0.2) is 0 Å². The topological polar surface area (TPSA) is 35.5 Å². The van der Waals surface area contributed by atoms with E-state index in [4.69, 9.17) is 9.47 Å². The minimum Gasteiger partial charge on any atom is -0.462 e. The smallest absolute Gasteiger partial charge is 0.302 e. The molecule has 3 rings (SSSR count). The Balaban J connectivity index is 1.46. The Bertz CT molecular complexity index is 456. The summed E-state index contributed by atoms with van der Waals surface area (Å²) in [7, 11) is 0. The van der Waals surface area contributed by atoms with Crippen molar-refractivity contribution in [1.82, 2.24) is 0 Å². The molecular formula is C16H20O3. The number of carbonyl (C=O) groups is 1. The minimum atomic E-state index is -0.155. The maximum Gasteiger partial charge on any atom is 0.302 e. The standard InChI is InChI=1S/C16H20O3/c1-12(17)19-15-7-8-16(9-14(15)16)11-18-10-13-5-3-2-4-6-13/h2-6,14-15H,7-11H2,1H3/t14-,15-,16-/m1/s1. The fourth-order valence-electron chi connectivity index (χ4n) is 3.36. The van der Waals surface area contributed by atoms with E-state index in [1.165, 1.54) is 12.5 Å². The van der Waals surface area contributed by atoms with Gasteiger partial charge in [-0.15, -0.1) is 0 Å². The van der Waals surface area contributed by atoms with Crippen molar-refractivity contribution in [3.63, 3.8) is 0 Å². The molecular weight excluding hydrogens is 240 g/mol. The molecule has 0 unspecified atom stereocenters. The van der Waals surface area contributed by atoms with Gasteiger partial charge in [-0.1, -0.05) is 30.3 Å². The van der Waals surface area contributed by atoms with Crippen LogP contribution in [0.4, 0.5) is 0 Å². The number of benzene rings is 1. The van der Waals surface area contributed by atoms with E-state index in [0.717, 1.165) is 25.9 Å². The van der Waals surface area contributed by atoms with Gasteiger partial charge >= 0.3 is 5.97 Å². The summed E-state index contributed by atoms with van der Waals surface area (Å²) in [5.41, 5.74) is 1.51. The molecule has 0 aliphatic heterocycles. The van der Waals surface area contributed by atoms with Gasteiger partial charge in [0.05, 0.1) is 13.2 Å². The van der Waals surface area contributed by atoms with Crippen molar-refractivity contribution in [2.75, 3.05) is 6.61 Å². The largest absolute Gasteiger partial charge is 0.462 e. The zero-order chi connectivity index (χ0) is 13.3. The monoisotopic (exact) mass is 260 g/mol. The highest BCUT2D eigenvalue weighted by atomic mass is 16.5. The van der Waals surface area contributed by atoms with Gasteiger partial charge in [0.25, 0.3) is 0 Å². The molecule has 0 aromatic heterocycles. The summed E-state index contributed by atoms with van der Waals surface area (Å²) < 4.78 is 11.2. The number of fused-ring (bicyclic) bond motifs is 1. The van der Waals surface area contributed by atoms with Gasteiger partial charge in [0.2, 0.25) is 0 Å². The molecule has 2 aliphatic carbocycles. The van der Waals surface area contributed by atoms with Gasteiger partial charge in [-0.2, -0.15) is 0 Å². The van der Waals surface area contributed by atoms with Crippen LogP contribution >= 0.6 is 0 Å². The average Bonchev–Trinajstić information content (AvgIpc) is 3.02. The molecule has 0 spiro atoms. The summed E-state index contributed by atoms with van der Waals surface area (Å²) in [5.74, 6) is 0.380. The van der Waals surface area contributed by atoms with Crippen LogP contribution in [0.2, 0.25) is 0 Å². The third kappa shape index (κ3) is 2.66. The third-order valence-electron chi connectivity index (χ3n) is 4.45. The van der Waals surface area contributed by atoms with E-state index in [1.807, 2.05) is 18.2 Å². The number of rotatable bonds is 5. The summed E-state index contributed by atoms with van der Waals surface area (Å²) in [4.78, 5) is 11.0. The first-order valence-corrected chi connectivity index (χ1v) is 6.98. The van der Waals surface area contributed by atoms with Crippen LogP contribution in [-0.2, 0) is 20.9 Å². The van der Waals surface area contributed by atoms with Crippen molar-refractivity contribution < 1.29 is 14.3 Å². The van der Waals surface area contributed by atoms with Gasteiger partial charge < -0.3 is 9.47 Å². The quantitative estimate of drug-likeness (QED) is 0.764. The van der Waals surface area contributed by atoms with Crippen molar-refractivity contribution in [3.8, 4) is 0 Å². The van der Waals surface area contributed by atoms with Crippen LogP contribution in [-0.4, -0.2) is 18.7 Å². The van der Waals surface area contributed by atoms with E-state index in [-0.39, 0.29) is 12.1 Å². The van der Waals surface area contributed by atoms with E-state index < -0.39 is 0 Å². The highest BCUT2D eigenvalue weighted by molar-refractivity contribution is 5.66. The van der Waals surface area contributed by atoms with Crippen LogP contribution in [0.1, 0.15) is 31.7 Å². The van der Waals surface area contributed by atoms with Crippen LogP contribution in [0, 0.1) is 11.3 Å². The van der Waals surface area contributed by atoms with E-state index >= 15 is 0 Å². The number of esters is 1. The fourth-order valence-corrected chi connectivity index (χ4v) is 3.36. The summed E-state index contributed by atoms with van der Waals surface area (Å²) in [5, 5.41) is 0. The minimum absolute atomic E-state index is 0.137. The Morgan fingerprint density at radius 2 is 2.16 bits per heavy atom. The van der Waals surface area contributed by atoms with E-state index in [2.05, 4.69) is 12.1 Å². The van der Waals surface area contributed by atoms with Crippen LogP contribution in [0.25, 0.3) is 0 Å². The van der Waals surface area contributed by atoms with Crippen molar-refractivity contribution >= 4 is 5.97 Å². The van der Waals surface area contributed by atoms with Gasteiger partial charge in [-0.05, 0) is 24.8 Å². The maximum absolute atomic E-state index is 11.0. The molecule has 0 saturated heterocycles. The molecule has 2 aliphatic rings. The molecule has 3 heteroatoms. The third-order valence-corrected chi connectivity index (χ3v) is 4.45. The van der Waals surface area contributed by atoms with Crippen molar-refractivity contribution in [3.05, 3.63) is 35.9 Å². The van der Waals surface area contributed by atoms with Crippen molar-refractivity contribution in [1.29, 1.82) is 0 Å². The zero-order valence-electron chi connectivity index (χ0n) is 11.3. The highest BCUT2D eigenvalue weighted by Gasteiger charge is 2.62. The Hall–Kier alpha value is -1.35. The molecule has 3 nitrogen and oxygen atoms in total. The molecule has 2 saturated carbocycles. The molecule has 0 bridgehead atoms. The lowest BCUT2D eigenvalue weighted by Gasteiger charge is -2.12. The second-order valence-electron chi connectivity index (χ2n) is 5.84. The van der Waals surface area contributed by atoms with E-state index in [1.54, 1.807) is 0 Å². The molecule has 0 radical (unpaired) electrons. The Kier molecular flexibility index (Phi) is 3.31. The molecule has 0 heterocycles. The Morgan fingerprint density at radius 3 is 2.84 bits per heavy atom. The number of carbonyl (C=O) groups excluding carboxylic acids is 1. The van der Waals surface area contributed by atoms with Gasteiger partial charge in [0.1, 0.15) is 6.10 Å². The summed E-state index contributed by atoms with van der Waals surface area (Å²) in [6.07, 6.45) is 3.42. The van der Waals surface area contributed by atoms with Gasteiger partial charge in [0.15, 0.2) is 0 Å². The first kappa shape index (κ1) is 12.7. The van der Waals surface area contributed by atoms with Crippen LogP contribution < -0.4 is 0 Å². The molecule has 19 heavy (non-hydrogen) atoms. The van der Waals surface area contributed by atoms with Crippen LogP contribution in [0.3, 0.4) is 0 Å². The predicted octanol–water partition coefficient (Wildman–Crippen LogP) is 2.94. The lowest BCUT2D eigenvalue weighted by atomic mass is 10.1. The Morgan fingerprint density at radius 1 is 1.37 bits per heavy atom. The molecule has 1 aromatic carbocycles. The lowest BCUT2D eigenvalue weighted by molar-refractivity contribution is -0.147. The first-order chi connectivity index (χ1) is 9.20. The predicted molar refractivity (Wildman–Crippen MR) is 71.4 cm³/mol. The number of ether oxygens (including phenoxy) is 2. The maximum atomic E-state index is 11.0. The fraction of sp³-hybridized carbons (Fsp3) is 0.562. The summed E-state index contributed by atoms with van der Waals surface area (Å²) >= 11 is 0. The molecule has 1 aromatic rings. The summed E-state index contributed by atoms with van der Waals surface area (Å²) in [6.45, 7) is 2.96. The molecule has 3 atom stereocenters. The molecule has 0 N–H and O–H groups in total. The molecule has 0 amide bonds. The highest BCUT2D eigenvalue weighted by Crippen LogP contribution is 2.64. The second kappa shape index (κ2) is 4.97. The second-order valence-corrected chi connectivity index (χ2v) is 5.84.